The van der Waals surface area contributed by atoms with Crippen LogP contribution in [0.1, 0.15) is 83.3 Å². The molecule has 0 bridgehead atoms. The largest absolute Gasteiger partial charge is 0.0776 e. The van der Waals surface area contributed by atoms with Crippen LogP contribution in [-0.4, -0.2) is 0 Å². The van der Waals surface area contributed by atoms with Crippen LogP contribution in [0, 0.1) is 30.6 Å². The molecule has 1 aromatic carbocycles. The highest BCUT2D eigenvalue weighted by molar-refractivity contribution is 5.21. The van der Waals surface area contributed by atoms with Crippen LogP contribution in [0.25, 0.3) is 0 Å². The minimum Gasteiger partial charge on any atom is -0.0776 e. The van der Waals surface area contributed by atoms with Gasteiger partial charge in [-0.15, -0.1) is 0 Å². The van der Waals surface area contributed by atoms with Crippen LogP contribution < -0.4 is 0 Å². The molecule has 0 heterocycles. The Morgan fingerprint density at radius 3 is 1.87 bits per heavy atom. The first-order valence-electron chi connectivity index (χ1n) is 9.76. The SMILES string of the molecule is C.Cc1ccc(CCC2CCC(C3CCC(C)CC3)CC2)cc1. The number of benzene rings is 1. The molecule has 0 radical (unpaired) electrons. The van der Waals surface area contributed by atoms with Crippen LogP contribution in [0.2, 0.25) is 0 Å². The standard InChI is InChI=1S/C22H34.CH4/c1-17-3-7-19(8-4-17)9-10-20-11-15-22(16-12-20)21-13-5-18(2)6-14-21;/h3-4,7-8,18,20-22H,5-6,9-16H2,1-2H3;1H4. The lowest BCUT2D eigenvalue weighted by atomic mass is 9.69. The van der Waals surface area contributed by atoms with E-state index in [0.29, 0.717) is 0 Å². The van der Waals surface area contributed by atoms with Crippen molar-refractivity contribution in [2.45, 2.75) is 85.5 Å². The van der Waals surface area contributed by atoms with Crippen molar-refractivity contribution in [3.63, 3.8) is 0 Å². The van der Waals surface area contributed by atoms with Crippen molar-refractivity contribution in [1.82, 2.24) is 0 Å². The van der Waals surface area contributed by atoms with E-state index in [0.717, 1.165) is 23.7 Å². The Labute approximate surface area is 145 Å². The second-order valence-corrected chi connectivity index (χ2v) is 8.33. The van der Waals surface area contributed by atoms with Crippen molar-refractivity contribution in [1.29, 1.82) is 0 Å². The molecule has 2 aliphatic rings. The fourth-order valence-electron chi connectivity index (χ4n) is 4.83. The van der Waals surface area contributed by atoms with Crippen LogP contribution >= 0.6 is 0 Å². The van der Waals surface area contributed by atoms with Gasteiger partial charge in [0.2, 0.25) is 0 Å². The van der Waals surface area contributed by atoms with Gasteiger partial charge in [-0.1, -0.05) is 69.9 Å². The monoisotopic (exact) mass is 314 g/mol. The van der Waals surface area contributed by atoms with Gasteiger partial charge in [0.15, 0.2) is 0 Å². The van der Waals surface area contributed by atoms with Gasteiger partial charge in [0.25, 0.3) is 0 Å². The van der Waals surface area contributed by atoms with Gasteiger partial charge in [0.1, 0.15) is 0 Å². The van der Waals surface area contributed by atoms with Gasteiger partial charge >= 0.3 is 0 Å². The molecule has 0 nitrogen and oxygen atoms in total. The molecule has 0 amide bonds. The van der Waals surface area contributed by atoms with Crippen molar-refractivity contribution >= 4 is 0 Å². The lowest BCUT2D eigenvalue weighted by molar-refractivity contribution is 0.148. The summed E-state index contributed by atoms with van der Waals surface area (Å²) in [6.45, 7) is 4.62. The van der Waals surface area contributed by atoms with Crippen molar-refractivity contribution in [3.8, 4) is 0 Å². The Kier molecular flexibility index (Phi) is 7.18. The lowest BCUT2D eigenvalue weighted by Gasteiger charge is -2.37. The summed E-state index contributed by atoms with van der Waals surface area (Å²) in [6.07, 6.45) is 14.8. The summed E-state index contributed by atoms with van der Waals surface area (Å²) in [6, 6.07) is 9.17. The average Bonchev–Trinajstić information content (AvgIpc) is 2.56. The third-order valence-electron chi connectivity index (χ3n) is 6.58. The second-order valence-electron chi connectivity index (χ2n) is 8.33. The number of aryl methyl sites for hydroxylation is 2. The smallest absolute Gasteiger partial charge is 0.0276 e. The molecule has 0 aliphatic heterocycles. The van der Waals surface area contributed by atoms with E-state index in [1.165, 1.54) is 75.3 Å². The Morgan fingerprint density at radius 1 is 0.783 bits per heavy atom. The van der Waals surface area contributed by atoms with Gasteiger partial charge < -0.3 is 0 Å². The number of hydrogen-bond donors (Lipinski definition) is 0. The molecule has 0 spiro atoms. The Bertz CT molecular complexity index is 428. The summed E-state index contributed by atoms with van der Waals surface area (Å²) in [4.78, 5) is 0. The zero-order chi connectivity index (χ0) is 15.4. The molecular weight excluding hydrogens is 276 g/mol. The minimum absolute atomic E-state index is 0. The molecule has 0 N–H and O–H groups in total. The third-order valence-corrected chi connectivity index (χ3v) is 6.58. The van der Waals surface area contributed by atoms with Gasteiger partial charge in [-0.2, -0.15) is 0 Å². The molecule has 130 valence electrons. The van der Waals surface area contributed by atoms with E-state index in [-0.39, 0.29) is 7.43 Å². The molecule has 23 heavy (non-hydrogen) atoms. The molecule has 2 aliphatic carbocycles. The topological polar surface area (TPSA) is 0 Å². The van der Waals surface area contributed by atoms with E-state index >= 15 is 0 Å². The molecule has 0 saturated heterocycles. The van der Waals surface area contributed by atoms with Crippen molar-refractivity contribution in [2.75, 3.05) is 0 Å². The zero-order valence-electron chi connectivity index (χ0n) is 14.7. The maximum absolute atomic E-state index is 2.44. The van der Waals surface area contributed by atoms with Crippen LogP contribution in [0.4, 0.5) is 0 Å². The predicted octanol–water partition coefficient (Wildman–Crippen LogP) is 7.20. The highest BCUT2D eigenvalue weighted by Crippen LogP contribution is 2.42. The molecule has 2 saturated carbocycles. The van der Waals surface area contributed by atoms with E-state index in [4.69, 9.17) is 0 Å². The summed E-state index contributed by atoms with van der Waals surface area (Å²) in [5.74, 6) is 4.15. The van der Waals surface area contributed by atoms with Crippen molar-refractivity contribution in [3.05, 3.63) is 35.4 Å². The molecular formula is C23H38. The van der Waals surface area contributed by atoms with E-state index in [1.54, 1.807) is 0 Å². The van der Waals surface area contributed by atoms with Gasteiger partial charge in [-0.3, -0.25) is 0 Å². The predicted molar refractivity (Wildman–Crippen MR) is 103 cm³/mol. The Morgan fingerprint density at radius 2 is 1.30 bits per heavy atom. The molecule has 0 unspecified atom stereocenters. The van der Waals surface area contributed by atoms with Gasteiger partial charge in [-0.05, 0) is 74.7 Å². The minimum atomic E-state index is 0. The highest BCUT2D eigenvalue weighted by Gasteiger charge is 2.29. The normalized spacial score (nSPS) is 31.4. The Hall–Kier alpha value is -0.780. The van der Waals surface area contributed by atoms with Gasteiger partial charge in [-0.25, -0.2) is 0 Å². The first-order valence-corrected chi connectivity index (χ1v) is 9.76. The molecule has 3 rings (SSSR count). The average molecular weight is 315 g/mol. The molecule has 0 heteroatoms. The zero-order valence-corrected chi connectivity index (χ0v) is 14.7. The highest BCUT2D eigenvalue weighted by atomic mass is 14.3. The van der Waals surface area contributed by atoms with Crippen molar-refractivity contribution in [2.24, 2.45) is 23.7 Å². The lowest BCUT2D eigenvalue weighted by Crippen LogP contribution is -2.25. The van der Waals surface area contributed by atoms with Crippen LogP contribution in [0.15, 0.2) is 24.3 Å². The van der Waals surface area contributed by atoms with E-state index < -0.39 is 0 Å². The molecule has 2 fully saturated rings. The van der Waals surface area contributed by atoms with Crippen LogP contribution in [0.3, 0.4) is 0 Å². The fraction of sp³-hybridized carbons (Fsp3) is 0.739. The first kappa shape index (κ1) is 18.6. The van der Waals surface area contributed by atoms with E-state index in [2.05, 4.69) is 38.1 Å². The van der Waals surface area contributed by atoms with E-state index in [9.17, 15) is 0 Å². The van der Waals surface area contributed by atoms with E-state index in [1.807, 2.05) is 0 Å². The third kappa shape index (κ3) is 5.37. The Balaban J connectivity index is 0.00000192. The summed E-state index contributed by atoms with van der Waals surface area (Å²) < 4.78 is 0. The quantitative estimate of drug-likeness (QED) is 0.551. The summed E-state index contributed by atoms with van der Waals surface area (Å²) in [5, 5.41) is 0. The maximum atomic E-state index is 2.44. The molecule has 0 atom stereocenters. The fourth-order valence-corrected chi connectivity index (χ4v) is 4.83. The number of hydrogen-bond acceptors (Lipinski definition) is 0. The van der Waals surface area contributed by atoms with Gasteiger partial charge in [0, 0.05) is 0 Å². The first-order chi connectivity index (χ1) is 10.7. The van der Waals surface area contributed by atoms with Gasteiger partial charge in [0.05, 0.1) is 0 Å². The van der Waals surface area contributed by atoms with Crippen molar-refractivity contribution < 1.29 is 0 Å². The molecule has 1 aromatic rings. The maximum Gasteiger partial charge on any atom is -0.0276 e. The van der Waals surface area contributed by atoms with Crippen LogP contribution in [-0.2, 0) is 6.42 Å². The summed E-state index contributed by atoms with van der Waals surface area (Å²) in [7, 11) is 0. The van der Waals surface area contributed by atoms with Crippen LogP contribution in [0.5, 0.6) is 0 Å². The summed E-state index contributed by atoms with van der Waals surface area (Å²) in [5.41, 5.74) is 2.92. The second kappa shape index (κ2) is 8.90. The number of rotatable bonds is 4. The summed E-state index contributed by atoms with van der Waals surface area (Å²) >= 11 is 0. The molecule has 0 aromatic heterocycles.